The molecule has 16 heavy (non-hydrogen) atoms. The number of aliphatic carboxylic acids is 1. The first kappa shape index (κ1) is 15.5. The van der Waals surface area contributed by atoms with Crippen molar-refractivity contribution in [3.63, 3.8) is 0 Å². The van der Waals surface area contributed by atoms with Crippen LogP contribution >= 0.6 is 0 Å². The van der Waals surface area contributed by atoms with Gasteiger partial charge in [0.25, 0.3) is 0 Å². The number of alkyl halides is 3. The molecule has 0 aliphatic rings. The SMILES string of the molecule is O=C([O-])CCc1cccc(C(F)(F)F)c1.[Na+]. The summed E-state index contributed by atoms with van der Waals surface area (Å²) >= 11 is 0. The summed E-state index contributed by atoms with van der Waals surface area (Å²) < 4.78 is 36.7. The summed E-state index contributed by atoms with van der Waals surface area (Å²) in [6.45, 7) is 0. The minimum atomic E-state index is -4.39. The minimum Gasteiger partial charge on any atom is -0.550 e. The van der Waals surface area contributed by atoms with Gasteiger partial charge in [-0.3, -0.25) is 0 Å². The first-order chi connectivity index (χ1) is 6.89. The Morgan fingerprint density at radius 1 is 1.31 bits per heavy atom. The fraction of sp³-hybridized carbons (Fsp3) is 0.300. The van der Waals surface area contributed by atoms with Crippen LogP contribution < -0.4 is 34.7 Å². The van der Waals surface area contributed by atoms with Crippen LogP contribution in [0.25, 0.3) is 0 Å². The molecule has 0 amide bonds. The predicted octanol–water partition coefficient (Wildman–Crippen LogP) is -1.61. The van der Waals surface area contributed by atoms with Crippen molar-refractivity contribution in [3.8, 4) is 0 Å². The molecule has 0 saturated heterocycles. The van der Waals surface area contributed by atoms with Gasteiger partial charge in [-0.1, -0.05) is 18.2 Å². The standard InChI is InChI=1S/C10H9F3O2.Na/c11-10(12,13)8-3-1-2-7(6-8)4-5-9(14)15;/h1-3,6H,4-5H2,(H,14,15);/q;+1/p-1. The quantitative estimate of drug-likeness (QED) is 0.596. The zero-order valence-electron chi connectivity index (χ0n) is 8.67. The Balaban J connectivity index is 0.00000225. The Labute approximate surface area is 113 Å². The van der Waals surface area contributed by atoms with Crippen LogP contribution in [0.2, 0.25) is 0 Å². The Kier molecular flexibility index (Phi) is 6.07. The van der Waals surface area contributed by atoms with Crippen molar-refractivity contribution in [2.24, 2.45) is 0 Å². The van der Waals surface area contributed by atoms with Crippen LogP contribution in [0.4, 0.5) is 13.2 Å². The maximum absolute atomic E-state index is 12.2. The van der Waals surface area contributed by atoms with Crippen molar-refractivity contribution in [1.82, 2.24) is 0 Å². The molecular weight excluding hydrogens is 232 g/mol. The summed E-state index contributed by atoms with van der Waals surface area (Å²) in [6, 6.07) is 4.61. The number of hydrogen-bond donors (Lipinski definition) is 0. The maximum Gasteiger partial charge on any atom is 1.00 e. The molecule has 0 aromatic heterocycles. The third kappa shape index (κ3) is 5.01. The number of hydrogen-bond acceptors (Lipinski definition) is 2. The van der Waals surface area contributed by atoms with E-state index < -0.39 is 17.7 Å². The smallest absolute Gasteiger partial charge is 0.550 e. The number of carboxylic acids is 1. The van der Waals surface area contributed by atoms with E-state index in [1.807, 2.05) is 0 Å². The van der Waals surface area contributed by atoms with Crippen molar-refractivity contribution < 1.29 is 52.6 Å². The van der Waals surface area contributed by atoms with Gasteiger partial charge in [-0.15, -0.1) is 0 Å². The summed E-state index contributed by atoms with van der Waals surface area (Å²) in [6.07, 6.45) is -4.62. The van der Waals surface area contributed by atoms with Crippen LogP contribution in [0.5, 0.6) is 0 Å². The molecule has 0 aliphatic carbocycles. The van der Waals surface area contributed by atoms with Crippen LogP contribution in [-0.4, -0.2) is 5.97 Å². The van der Waals surface area contributed by atoms with Crippen molar-refractivity contribution in [2.45, 2.75) is 19.0 Å². The van der Waals surface area contributed by atoms with Gasteiger partial charge < -0.3 is 9.90 Å². The van der Waals surface area contributed by atoms with E-state index in [0.717, 1.165) is 12.1 Å². The monoisotopic (exact) mass is 240 g/mol. The van der Waals surface area contributed by atoms with Crippen LogP contribution in [-0.2, 0) is 17.4 Å². The fourth-order valence-electron chi connectivity index (χ4n) is 1.15. The van der Waals surface area contributed by atoms with E-state index in [-0.39, 0.29) is 42.4 Å². The van der Waals surface area contributed by atoms with Gasteiger partial charge in [-0.2, -0.15) is 13.2 Å². The second-order valence-electron chi connectivity index (χ2n) is 3.07. The van der Waals surface area contributed by atoms with Crippen LogP contribution in [0, 0.1) is 0 Å². The van der Waals surface area contributed by atoms with Crippen LogP contribution in [0.3, 0.4) is 0 Å². The third-order valence-electron chi connectivity index (χ3n) is 1.87. The number of carboxylic acid groups (broad SMARTS) is 1. The second kappa shape index (κ2) is 6.27. The molecule has 82 valence electrons. The Hall–Kier alpha value is -0.520. The average Bonchev–Trinajstić information content (AvgIpc) is 2.14. The van der Waals surface area contributed by atoms with E-state index in [4.69, 9.17) is 0 Å². The summed E-state index contributed by atoms with van der Waals surface area (Å²) in [5, 5.41) is 10.1. The van der Waals surface area contributed by atoms with E-state index in [1.54, 1.807) is 0 Å². The first-order valence-corrected chi connectivity index (χ1v) is 4.25. The second-order valence-corrected chi connectivity index (χ2v) is 3.07. The van der Waals surface area contributed by atoms with Crippen molar-refractivity contribution >= 4 is 5.97 Å². The molecule has 0 radical (unpaired) electrons. The van der Waals surface area contributed by atoms with Crippen LogP contribution in [0.15, 0.2) is 24.3 Å². The topological polar surface area (TPSA) is 40.1 Å². The number of carbonyl (C=O) groups is 1. The molecule has 0 bridgehead atoms. The Morgan fingerprint density at radius 2 is 1.94 bits per heavy atom. The molecule has 2 nitrogen and oxygen atoms in total. The fourth-order valence-corrected chi connectivity index (χ4v) is 1.15. The van der Waals surface area contributed by atoms with Gasteiger partial charge in [-0.05, 0) is 24.5 Å². The Bertz CT molecular complexity index is 363. The number of carbonyl (C=O) groups excluding carboxylic acids is 1. The van der Waals surface area contributed by atoms with Gasteiger partial charge in [0.05, 0.1) is 5.56 Å². The van der Waals surface area contributed by atoms with Gasteiger partial charge in [-0.25, -0.2) is 0 Å². The molecule has 0 unspecified atom stereocenters. The van der Waals surface area contributed by atoms with Gasteiger partial charge in [0.15, 0.2) is 0 Å². The number of halogens is 3. The molecule has 0 saturated carbocycles. The normalized spacial score (nSPS) is 10.7. The molecule has 1 aromatic carbocycles. The van der Waals surface area contributed by atoms with Crippen molar-refractivity contribution in [2.75, 3.05) is 0 Å². The molecule has 0 fully saturated rings. The van der Waals surface area contributed by atoms with E-state index in [2.05, 4.69) is 0 Å². The minimum absolute atomic E-state index is 0. The van der Waals surface area contributed by atoms with E-state index >= 15 is 0 Å². The average molecular weight is 240 g/mol. The zero-order valence-corrected chi connectivity index (χ0v) is 10.7. The molecule has 0 atom stereocenters. The number of aryl methyl sites for hydroxylation is 1. The zero-order chi connectivity index (χ0) is 11.5. The van der Waals surface area contributed by atoms with E-state index in [0.29, 0.717) is 5.56 Å². The molecule has 0 N–H and O–H groups in total. The van der Waals surface area contributed by atoms with Crippen molar-refractivity contribution in [1.29, 1.82) is 0 Å². The molecule has 1 rings (SSSR count). The van der Waals surface area contributed by atoms with Crippen LogP contribution in [0.1, 0.15) is 17.5 Å². The summed E-state index contributed by atoms with van der Waals surface area (Å²) in [5.74, 6) is -1.27. The first-order valence-electron chi connectivity index (χ1n) is 4.25. The molecule has 0 heterocycles. The predicted molar refractivity (Wildman–Crippen MR) is 44.8 cm³/mol. The van der Waals surface area contributed by atoms with E-state index in [1.165, 1.54) is 12.1 Å². The van der Waals surface area contributed by atoms with Gasteiger partial charge in [0, 0.05) is 5.97 Å². The third-order valence-corrected chi connectivity index (χ3v) is 1.87. The number of rotatable bonds is 3. The molecule has 1 aromatic rings. The molecule has 0 spiro atoms. The molecule has 0 aliphatic heterocycles. The van der Waals surface area contributed by atoms with E-state index in [9.17, 15) is 23.1 Å². The summed E-state index contributed by atoms with van der Waals surface area (Å²) in [5.41, 5.74) is -0.424. The maximum atomic E-state index is 12.2. The largest absolute Gasteiger partial charge is 1.00 e. The molecule has 6 heteroatoms. The van der Waals surface area contributed by atoms with Gasteiger partial charge >= 0.3 is 35.7 Å². The van der Waals surface area contributed by atoms with Gasteiger partial charge in [0.2, 0.25) is 0 Å². The summed E-state index contributed by atoms with van der Waals surface area (Å²) in [4.78, 5) is 10.1. The van der Waals surface area contributed by atoms with Crippen molar-refractivity contribution in [3.05, 3.63) is 35.4 Å². The number of benzene rings is 1. The molecular formula is C10H8F3NaO2. The van der Waals surface area contributed by atoms with Gasteiger partial charge in [0.1, 0.15) is 0 Å². The Morgan fingerprint density at radius 3 is 2.44 bits per heavy atom. The summed E-state index contributed by atoms with van der Waals surface area (Å²) in [7, 11) is 0.